The molecule has 3 rings (SSSR count). The van der Waals surface area contributed by atoms with Crippen molar-refractivity contribution in [3.8, 4) is 0 Å². The molecule has 1 atom stereocenters. The number of hydrogen-bond donors (Lipinski definition) is 1. The highest BCUT2D eigenvalue weighted by Gasteiger charge is 2.37. The second-order valence-electron chi connectivity index (χ2n) is 8.35. The summed E-state index contributed by atoms with van der Waals surface area (Å²) in [5, 5.41) is 2.55. The Morgan fingerprint density at radius 1 is 1.11 bits per heavy atom. The molecule has 1 unspecified atom stereocenters. The van der Waals surface area contributed by atoms with Crippen LogP contribution in [-0.2, 0) is 31.8 Å². The third kappa shape index (κ3) is 6.29. The molecule has 0 aliphatic carbocycles. The zero-order valence-corrected chi connectivity index (χ0v) is 19.7. The van der Waals surface area contributed by atoms with Crippen LogP contribution < -0.4 is 5.32 Å². The second kappa shape index (κ2) is 10.8. The molecule has 186 valence electrons. The van der Waals surface area contributed by atoms with Gasteiger partial charge in [0.05, 0.1) is 17.7 Å². The largest absolute Gasteiger partial charge is 0.463 e. The smallest absolute Gasteiger partial charge is 0.416 e. The fourth-order valence-electron chi connectivity index (χ4n) is 4.11. The van der Waals surface area contributed by atoms with Crippen LogP contribution in [0.5, 0.6) is 0 Å². The molecule has 35 heavy (non-hydrogen) atoms. The summed E-state index contributed by atoms with van der Waals surface area (Å²) in [4.78, 5) is 39.6. The van der Waals surface area contributed by atoms with Gasteiger partial charge in [0.15, 0.2) is 0 Å². The van der Waals surface area contributed by atoms with Gasteiger partial charge in [-0.25, -0.2) is 4.79 Å². The minimum Gasteiger partial charge on any atom is -0.463 e. The van der Waals surface area contributed by atoms with Gasteiger partial charge in [-0.2, -0.15) is 13.2 Å². The summed E-state index contributed by atoms with van der Waals surface area (Å²) < 4.78 is 44.0. The summed E-state index contributed by atoms with van der Waals surface area (Å²) in [6.45, 7) is 4.84. The summed E-state index contributed by atoms with van der Waals surface area (Å²) in [7, 11) is 0. The van der Waals surface area contributed by atoms with Crippen molar-refractivity contribution >= 4 is 17.8 Å². The Kier molecular flexibility index (Phi) is 7.99. The number of carbonyl (C=O) groups excluding carboxylic acids is 3. The van der Waals surface area contributed by atoms with Crippen molar-refractivity contribution in [3.05, 3.63) is 82.1 Å². The molecular weight excluding hydrogens is 461 g/mol. The zero-order valence-electron chi connectivity index (χ0n) is 19.7. The van der Waals surface area contributed by atoms with E-state index >= 15 is 0 Å². The molecule has 0 saturated carbocycles. The van der Waals surface area contributed by atoms with Gasteiger partial charge in [0.1, 0.15) is 6.54 Å². The fraction of sp³-hybridized carbons (Fsp3) is 0.346. The monoisotopic (exact) mass is 488 g/mol. The number of benzene rings is 2. The average Bonchev–Trinajstić information content (AvgIpc) is 2.79. The van der Waals surface area contributed by atoms with E-state index in [-0.39, 0.29) is 37.6 Å². The third-order valence-corrected chi connectivity index (χ3v) is 5.81. The van der Waals surface area contributed by atoms with Crippen molar-refractivity contribution in [2.75, 3.05) is 13.2 Å². The van der Waals surface area contributed by atoms with Crippen LogP contribution in [0.2, 0.25) is 0 Å². The summed E-state index contributed by atoms with van der Waals surface area (Å²) in [5.74, 6) is -1.96. The number of hydrogen-bond acceptors (Lipinski definition) is 4. The van der Waals surface area contributed by atoms with Crippen molar-refractivity contribution in [1.29, 1.82) is 0 Å². The maximum Gasteiger partial charge on any atom is 0.416 e. The predicted octanol–water partition coefficient (Wildman–Crippen LogP) is 4.48. The molecular formula is C26H27F3N2O4. The lowest BCUT2D eigenvalue weighted by atomic mass is 9.83. The van der Waals surface area contributed by atoms with E-state index in [1.54, 1.807) is 13.8 Å². The van der Waals surface area contributed by atoms with Gasteiger partial charge in [-0.1, -0.05) is 42.0 Å². The Labute approximate surface area is 201 Å². The van der Waals surface area contributed by atoms with Crippen molar-refractivity contribution in [2.24, 2.45) is 0 Å². The summed E-state index contributed by atoms with van der Waals surface area (Å²) >= 11 is 0. The first-order chi connectivity index (χ1) is 16.5. The van der Waals surface area contributed by atoms with Gasteiger partial charge in [0.25, 0.3) is 0 Å². The van der Waals surface area contributed by atoms with Crippen molar-refractivity contribution in [2.45, 2.75) is 45.8 Å². The SMILES string of the molecule is CCOC(=O)C1=C(C)N(CC(=O)NCc2cccc(C(F)(F)F)c2)C(=O)CC1c1cccc(C)c1. The highest BCUT2D eigenvalue weighted by Crippen LogP contribution is 2.37. The van der Waals surface area contributed by atoms with E-state index in [4.69, 9.17) is 4.74 Å². The van der Waals surface area contributed by atoms with E-state index in [9.17, 15) is 27.6 Å². The minimum absolute atomic E-state index is 0.0180. The van der Waals surface area contributed by atoms with E-state index in [0.717, 1.165) is 23.3 Å². The van der Waals surface area contributed by atoms with Gasteiger partial charge >= 0.3 is 12.1 Å². The van der Waals surface area contributed by atoms with Gasteiger partial charge in [-0.15, -0.1) is 0 Å². The molecule has 0 saturated heterocycles. The molecule has 1 N–H and O–H groups in total. The van der Waals surface area contributed by atoms with Crippen LogP contribution in [0.15, 0.2) is 59.8 Å². The van der Waals surface area contributed by atoms with Crippen LogP contribution in [0.1, 0.15) is 48.4 Å². The highest BCUT2D eigenvalue weighted by molar-refractivity contribution is 5.97. The number of nitrogens with one attached hydrogen (secondary N) is 1. The minimum atomic E-state index is -4.49. The number of nitrogens with zero attached hydrogens (tertiary/aromatic N) is 1. The lowest BCUT2D eigenvalue weighted by molar-refractivity contribution is -0.141. The lowest BCUT2D eigenvalue weighted by Gasteiger charge is -2.34. The second-order valence-corrected chi connectivity index (χ2v) is 8.35. The molecule has 1 heterocycles. The van der Waals surface area contributed by atoms with Crippen LogP contribution in [0.3, 0.4) is 0 Å². The fourth-order valence-corrected chi connectivity index (χ4v) is 4.11. The van der Waals surface area contributed by atoms with E-state index in [1.807, 2.05) is 31.2 Å². The Bertz CT molecular complexity index is 1160. The molecule has 0 spiro atoms. The van der Waals surface area contributed by atoms with Gasteiger partial charge < -0.3 is 15.0 Å². The third-order valence-electron chi connectivity index (χ3n) is 5.81. The molecule has 2 aromatic rings. The summed E-state index contributed by atoms with van der Waals surface area (Å²) in [5.41, 5.74) is 1.87. The van der Waals surface area contributed by atoms with Crippen LogP contribution >= 0.6 is 0 Å². The number of ether oxygens (including phenoxy) is 1. The number of allylic oxidation sites excluding steroid dienone is 1. The van der Waals surface area contributed by atoms with E-state index < -0.39 is 29.5 Å². The maximum atomic E-state index is 13.0. The molecule has 1 aliphatic heterocycles. The molecule has 9 heteroatoms. The number of rotatable bonds is 7. The van der Waals surface area contributed by atoms with E-state index in [1.165, 1.54) is 17.0 Å². The first-order valence-corrected chi connectivity index (χ1v) is 11.2. The molecule has 6 nitrogen and oxygen atoms in total. The highest BCUT2D eigenvalue weighted by atomic mass is 19.4. The number of aryl methyl sites for hydroxylation is 1. The first kappa shape index (κ1) is 26.0. The topological polar surface area (TPSA) is 75.7 Å². The lowest BCUT2D eigenvalue weighted by Crippen LogP contribution is -2.44. The molecule has 2 amide bonds. The average molecular weight is 489 g/mol. The Hall–Kier alpha value is -3.62. The van der Waals surface area contributed by atoms with E-state index in [2.05, 4.69) is 5.32 Å². The van der Waals surface area contributed by atoms with E-state index in [0.29, 0.717) is 11.3 Å². The number of amides is 2. The zero-order chi connectivity index (χ0) is 25.8. The quantitative estimate of drug-likeness (QED) is 0.583. The normalized spacial score (nSPS) is 16.3. The van der Waals surface area contributed by atoms with Gasteiger partial charge in [-0.05, 0) is 44.0 Å². The summed E-state index contributed by atoms with van der Waals surface area (Å²) in [6, 6.07) is 12.2. The molecule has 1 aliphatic rings. The molecule has 0 aromatic heterocycles. The standard InChI is InChI=1S/C26H27F3N2O4/c1-4-35-25(34)24-17(3)31(23(33)13-21(24)19-9-5-7-16(2)11-19)15-22(32)30-14-18-8-6-10-20(12-18)26(27,28)29/h5-12,21H,4,13-15H2,1-3H3,(H,30,32). The Morgan fingerprint density at radius 2 is 1.83 bits per heavy atom. The van der Waals surface area contributed by atoms with Gasteiger partial charge in [-0.3, -0.25) is 9.59 Å². The van der Waals surface area contributed by atoms with Gasteiger partial charge in [0.2, 0.25) is 11.8 Å². The molecule has 0 fully saturated rings. The molecule has 0 bridgehead atoms. The van der Waals surface area contributed by atoms with Crippen LogP contribution in [0.4, 0.5) is 13.2 Å². The number of carbonyl (C=O) groups is 3. The van der Waals surface area contributed by atoms with Crippen molar-refractivity contribution in [1.82, 2.24) is 10.2 Å². The van der Waals surface area contributed by atoms with Crippen molar-refractivity contribution < 1.29 is 32.3 Å². The molecule has 0 radical (unpaired) electrons. The Balaban J connectivity index is 1.80. The number of alkyl halides is 3. The van der Waals surface area contributed by atoms with Crippen molar-refractivity contribution in [3.63, 3.8) is 0 Å². The van der Waals surface area contributed by atoms with Crippen LogP contribution in [0.25, 0.3) is 0 Å². The number of halogens is 3. The first-order valence-electron chi connectivity index (χ1n) is 11.2. The summed E-state index contributed by atoms with van der Waals surface area (Å²) in [6.07, 6.45) is -4.50. The van der Waals surface area contributed by atoms with Gasteiger partial charge in [0, 0.05) is 24.6 Å². The van der Waals surface area contributed by atoms with Crippen LogP contribution in [-0.4, -0.2) is 35.8 Å². The number of esters is 1. The predicted molar refractivity (Wildman–Crippen MR) is 123 cm³/mol. The Morgan fingerprint density at radius 3 is 2.49 bits per heavy atom. The molecule has 2 aromatic carbocycles. The maximum absolute atomic E-state index is 13.0. The van der Waals surface area contributed by atoms with Crippen LogP contribution in [0, 0.1) is 6.92 Å².